The van der Waals surface area contributed by atoms with Crippen molar-refractivity contribution in [2.75, 3.05) is 26.2 Å². The third-order valence-corrected chi connectivity index (χ3v) is 6.88. The molecule has 0 unspecified atom stereocenters. The van der Waals surface area contributed by atoms with Crippen LogP contribution in [0, 0.1) is 0 Å². The van der Waals surface area contributed by atoms with Gasteiger partial charge < -0.3 is 29.9 Å². The van der Waals surface area contributed by atoms with Crippen LogP contribution in [0.2, 0.25) is 11.6 Å². The van der Waals surface area contributed by atoms with Crippen LogP contribution in [0.25, 0.3) is 10.8 Å². The van der Waals surface area contributed by atoms with Gasteiger partial charge in [-0.25, -0.2) is 0 Å². The van der Waals surface area contributed by atoms with Crippen LogP contribution in [0.15, 0.2) is 36.4 Å². The first-order valence-electron chi connectivity index (χ1n) is 11.2. The van der Waals surface area contributed by atoms with Crippen LogP contribution in [-0.4, -0.2) is 82.1 Å². The Morgan fingerprint density at radius 2 is 1.00 bits per heavy atom. The predicted octanol–water partition coefficient (Wildman–Crippen LogP) is 0.998. The van der Waals surface area contributed by atoms with Gasteiger partial charge in [0, 0.05) is 37.3 Å². The number of carbonyl (C=O) groups excluding carboxylic acids is 2. The number of carbonyl (C=O) groups is 2. The minimum atomic E-state index is -1.36. The molecule has 0 spiro atoms. The SMILES string of the molecule is O=C(c1cccc2c(C(=O)N3CCC(B(O)O)CC3)cccc12)N1CCC(B(O)O)CC1. The van der Waals surface area contributed by atoms with Gasteiger partial charge in [0.1, 0.15) is 0 Å². The standard InChI is InChI=1S/C22H28B2N2O6/c27-21(25-11-7-15(8-12-25)23(29)30)19-5-1-3-17-18(19)4-2-6-20(17)22(28)26-13-9-16(10-14-26)24(31)32/h1-6,15-16,29-32H,7-14H2. The minimum Gasteiger partial charge on any atom is -0.427 e. The van der Waals surface area contributed by atoms with Gasteiger partial charge in [-0.2, -0.15) is 0 Å². The lowest BCUT2D eigenvalue weighted by Crippen LogP contribution is -2.40. The molecule has 8 nitrogen and oxygen atoms in total. The summed E-state index contributed by atoms with van der Waals surface area (Å²) in [6, 6.07) is 10.8. The zero-order chi connectivity index (χ0) is 22.8. The Bertz CT molecular complexity index is 906. The summed E-state index contributed by atoms with van der Waals surface area (Å²) >= 11 is 0. The summed E-state index contributed by atoms with van der Waals surface area (Å²) in [6.07, 6.45) is 2.15. The highest BCUT2D eigenvalue weighted by atomic mass is 16.4. The van der Waals surface area contributed by atoms with Crippen LogP contribution in [0.5, 0.6) is 0 Å². The van der Waals surface area contributed by atoms with Crippen molar-refractivity contribution in [2.24, 2.45) is 0 Å². The molecule has 0 aliphatic carbocycles. The van der Waals surface area contributed by atoms with Gasteiger partial charge >= 0.3 is 14.2 Å². The van der Waals surface area contributed by atoms with E-state index in [1.165, 1.54) is 0 Å². The number of fused-ring (bicyclic) bond motifs is 1. The normalized spacial score (nSPS) is 18.1. The van der Waals surface area contributed by atoms with Crippen LogP contribution in [-0.2, 0) is 0 Å². The molecule has 2 aromatic carbocycles. The van der Waals surface area contributed by atoms with Crippen molar-refractivity contribution >= 4 is 36.8 Å². The van der Waals surface area contributed by atoms with Crippen molar-refractivity contribution < 1.29 is 29.7 Å². The Morgan fingerprint density at radius 1 is 0.656 bits per heavy atom. The molecular weight excluding hydrogens is 410 g/mol. The molecular formula is C22H28B2N2O6. The molecule has 0 aromatic heterocycles. The molecule has 0 bridgehead atoms. The third kappa shape index (κ3) is 4.54. The maximum absolute atomic E-state index is 13.2. The van der Waals surface area contributed by atoms with Crippen LogP contribution < -0.4 is 0 Å². The monoisotopic (exact) mass is 438 g/mol. The zero-order valence-electron chi connectivity index (χ0n) is 17.9. The molecule has 2 amide bonds. The van der Waals surface area contributed by atoms with Crippen molar-refractivity contribution in [3.63, 3.8) is 0 Å². The van der Waals surface area contributed by atoms with E-state index in [0.717, 1.165) is 0 Å². The van der Waals surface area contributed by atoms with E-state index in [4.69, 9.17) is 0 Å². The molecule has 2 aliphatic heterocycles. The highest BCUT2D eigenvalue weighted by molar-refractivity contribution is 6.43. The molecule has 168 valence electrons. The number of nitrogens with zero attached hydrogens (tertiary/aromatic N) is 2. The van der Waals surface area contributed by atoms with Crippen LogP contribution in [0.1, 0.15) is 46.4 Å². The number of benzene rings is 2. The van der Waals surface area contributed by atoms with Gasteiger partial charge in [-0.1, -0.05) is 24.3 Å². The summed E-state index contributed by atoms with van der Waals surface area (Å²) in [5.74, 6) is -0.675. The first-order valence-corrected chi connectivity index (χ1v) is 11.2. The fourth-order valence-corrected chi connectivity index (χ4v) is 4.83. The van der Waals surface area contributed by atoms with Gasteiger partial charge in [0.25, 0.3) is 11.8 Å². The topological polar surface area (TPSA) is 122 Å². The summed E-state index contributed by atoms with van der Waals surface area (Å²) in [7, 11) is -2.71. The smallest absolute Gasteiger partial charge is 0.427 e. The van der Waals surface area contributed by atoms with Gasteiger partial charge in [-0.15, -0.1) is 0 Å². The van der Waals surface area contributed by atoms with E-state index in [0.29, 0.717) is 73.8 Å². The van der Waals surface area contributed by atoms with Crippen molar-refractivity contribution in [1.29, 1.82) is 0 Å². The Morgan fingerprint density at radius 3 is 1.31 bits per heavy atom. The molecule has 0 radical (unpaired) electrons. The fourth-order valence-electron chi connectivity index (χ4n) is 4.83. The molecule has 4 N–H and O–H groups in total. The van der Waals surface area contributed by atoms with Crippen LogP contribution >= 0.6 is 0 Å². The summed E-state index contributed by atoms with van der Waals surface area (Å²) < 4.78 is 0. The van der Waals surface area contributed by atoms with E-state index >= 15 is 0 Å². The molecule has 4 rings (SSSR count). The van der Waals surface area contributed by atoms with E-state index in [9.17, 15) is 29.7 Å². The van der Waals surface area contributed by atoms with E-state index in [-0.39, 0.29) is 23.4 Å². The van der Waals surface area contributed by atoms with E-state index in [1.807, 2.05) is 12.1 Å². The second-order valence-corrected chi connectivity index (χ2v) is 8.79. The second-order valence-electron chi connectivity index (χ2n) is 8.79. The molecule has 2 fully saturated rings. The molecule has 10 heteroatoms. The van der Waals surface area contributed by atoms with Gasteiger partial charge in [-0.05, 0) is 60.2 Å². The lowest BCUT2D eigenvalue weighted by Gasteiger charge is -2.32. The van der Waals surface area contributed by atoms with Crippen LogP contribution in [0.4, 0.5) is 0 Å². The predicted molar refractivity (Wildman–Crippen MR) is 122 cm³/mol. The first kappa shape index (κ1) is 22.8. The molecule has 0 saturated carbocycles. The fraction of sp³-hybridized carbons (Fsp3) is 0.455. The summed E-state index contributed by atoms with van der Waals surface area (Å²) in [5, 5.41) is 39.0. The molecule has 2 aliphatic rings. The molecule has 2 aromatic rings. The third-order valence-electron chi connectivity index (χ3n) is 6.88. The van der Waals surface area contributed by atoms with E-state index < -0.39 is 14.2 Å². The van der Waals surface area contributed by atoms with Crippen molar-refractivity contribution in [1.82, 2.24) is 9.80 Å². The van der Waals surface area contributed by atoms with E-state index in [2.05, 4.69) is 0 Å². The quantitative estimate of drug-likeness (QED) is 0.529. The Balaban J connectivity index is 1.55. The first-order chi connectivity index (χ1) is 15.4. The van der Waals surface area contributed by atoms with Crippen molar-refractivity contribution in [3.05, 3.63) is 47.5 Å². The highest BCUT2D eigenvalue weighted by Gasteiger charge is 2.32. The number of amides is 2. The lowest BCUT2D eigenvalue weighted by atomic mass is 9.67. The maximum Gasteiger partial charge on any atom is 0.454 e. The van der Waals surface area contributed by atoms with Gasteiger partial charge in [-0.3, -0.25) is 9.59 Å². The Kier molecular flexibility index (Phi) is 6.85. The van der Waals surface area contributed by atoms with Gasteiger partial charge in [0.15, 0.2) is 0 Å². The van der Waals surface area contributed by atoms with Gasteiger partial charge in [0.2, 0.25) is 0 Å². The highest BCUT2D eigenvalue weighted by Crippen LogP contribution is 2.30. The average Bonchev–Trinajstić information content (AvgIpc) is 2.82. The number of rotatable bonds is 4. The van der Waals surface area contributed by atoms with Crippen LogP contribution in [0.3, 0.4) is 0 Å². The minimum absolute atomic E-state index is 0.121. The zero-order valence-corrected chi connectivity index (χ0v) is 17.9. The Labute approximate surface area is 187 Å². The lowest BCUT2D eigenvalue weighted by molar-refractivity contribution is 0.0711. The number of hydrogen-bond donors (Lipinski definition) is 4. The Hall–Kier alpha value is -2.39. The van der Waals surface area contributed by atoms with Gasteiger partial charge in [0.05, 0.1) is 0 Å². The number of piperidine rings is 2. The molecule has 32 heavy (non-hydrogen) atoms. The van der Waals surface area contributed by atoms with E-state index in [1.54, 1.807) is 34.1 Å². The summed E-state index contributed by atoms with van der Waals surface area (Å²) in [5.41, 5.74) is 1.06. The molecule has 2 saturated heterocycles. The summed E-state index contributed by atoms with van der Waals surface area (Å²) in [4.78, 5) is 29.9. The van der Waals surface area contributed by atoms with Crippen molar-refractivity contribution in [3.8, 4) is 0 Å². The summed E-state index contributed by atoms with van der Waals surface area (Å²) in [6.45, 7) is 1.84. The molecule has 2 heterocycles. The van der Waals surface area contributed by atoms with Crippen molar-refractivity contribution in [2.45, 2.75) is 37.3 Å². The maximum atomic E-state index is 13.2. The number of hydrogen-bond acceptors (Lipinski definition) is 6. The largest absolute Gasteiger partial charge is 0.454 e. The average molecular weight is 438 g/mol. The molecule has 0 atom stereocenters. The number of likely N-dealkylation sites (tertiary alicyclic amines) is 2. The second kappa shape index (κ2) is 9.62.